The quantitative estimate of drug-likeness (QED) is 0.802. The van der Waals surface area contributed by atoms with E-state index < -0.39 is 11.6 Å². The summed E-state index contributed by atoms with van der Waals surface area (Å²) in [6, 6.07) is 4.20. The van der Waals surface area contributed by atoms with Gasteiger partial charge in [-0.2, -0.15) is 0 Å². The van der Waals surface area contributed by atoms with Crippen LogP contribution in [-0.4, -0.2) is 6.04 Å². The van der Waals surface area contributed by atoms with Gasteiger partial charge in [-0.25, -0.2) is 8.78 Å². The van der Waals surface area contributed by atoms with Gasteiger partial charge in [-0.05, 0) is 42.9 Å². The predicted octanol–water partition coefficient (Wildman–Crippen LogP) is 4.02. The summed E-state index contributed by atoms with van der Waals surface area (Å²) in [5, 5.41) is 3.42. The summed E-state index contributed by atoms with van der Waals surface area (Å²) in [4.78, 5) is 0. The molecule has 1 nitrogen and oxygen atoms in total. The predicted molar refractivity (Wildman–Crippen MR) is 69.2 cm³/mol. The van der Waals surface area contributed by atoms with E-state index in [1.165, 1.54) is 44.2 Å². The van der Waals surface area contributed by atoms with E-state index in [0.29, 0.717) is 18.2 Å². The van der Waals surface area contributed by atoms with Crippen LogP contribution in [0.3, 0.4) is 0 Å². The van der Waals surface area contributed by atoms with E-state index in [1.54, 1.807) is 0 Å². The van der Waals surface area contributed by atoms with E-state index >= 15 is 0 Å². The lowest BCUT2D eigenvalue weighted by molar-refractivity contribution is 0.446. The molecule has 2 rings (SSSR count). The van der Waals surface area contributed by atoms with Crippen LogP contribution in [-0.2, 0) is 6.54 Å². The van der Waals surface area contributed by atoms with Gasteiger partial charge in [0.05, 0.1) is 0 Å². The summed E-state index contributed by atoms with van der Waals surface area (Å²) in [6.07, 6.45) is 6.12. The third-order valence-corrected chi connectivity index (χ3v) is 3.77. The molecular weight excluding hydrogens is 232 g/mol. The molecule has 18 heavy (non-hydrogen) atoms. The third-order valence-electron chi connectivity index (χ3n) is 3.77. The average Bonchev–Trinajstić information content (AvgIpc) is 2.50. The van der Waals surface area contributed by atoms with Gasteiger partial charge in [0.15, 0.2) is 0 Å². The lowest BCUT2D eigenvalue weighted by atomic mass is 10.0. The molecule has 0 heterocycles. The Morgan fingerprint density at radius 3 is 2.50 bits per heavy atom. The Morgan fingerprint density at radius 2 is 1.78 bits per heavy atom. The molecule has 1 aliphatic rings. The maximum absolute atomic E-state index is 13.0. The van der Waals surface area contributed by atoms with Crippen LogP contribution in [0.5, 0.6) is 0 Å². The molecule has 1 fully saturated rings. The Balaban J connectivity index is 1.86. The van der Waals surface area contributed by atoms with Crippen LogP contribution in [0.1, 0.15) is 44.6 Å². The molecule has 0 radical (unpaired) electrons. The standard InChI is InChI=1S/C15H21F2N/c1-11-3-2-4-15(6-5-11)18-10-12-7-13(16)9-14(17)8-12/h7-9,11,15,18H,2-6,10H2,1H3. The zero-order chi connectivity index (χ0) is 13.0. The van der Waals surface area contributed by atoms with Crippen LogP contribution in [0.25, 0.3) is 0 Å². The highest BCUT2D eigenvalue weighted by Crippen LogP contribution is 2.22. The number of nitrogens with one attached hydrogen (secondary N) is 1. The Morgan fingerprint density at radius 1 is 1.06 bits per heavy atom. The summed E-state index contributed by atoms with van der Waals surface area (Å²) in [7, 11) is 0. The largest absolute Gasteiger partial charge is 0.310 e. The highest BCUT2D eigenvalue weighted by atomic mass is 19.1. The molecule has 2 atom stereocenters. The fraction of sp³-hybridized carbons (Fsp3) is 0.600. The van der Waals surface area contributed by atoms with E-state index in [2.05, 4.69) is 12.2 Å². The molecule has 1 aromatic rings. The van der Waals surface area contributed by atoms with Crippen molar-refractivity contribution in [1.29, 1.82) is 0 Å². The van der Waals surface area contributed by atoms with Gasteiger partial charge in [-0.1, -0.05) is 19.8 Å². The van der Waals surface area contributed by atoms with E-state index in [-0.39, 0.29) is 0 Å². The molecule has 0 bridgehead atoms. The number of halogens is 2. The molecule has 3 heteroatoms. The molecule has 100 valence electrons. The summed E-state index contributed by atoms with van der Waals surface area (Å²) in [5.74, 6) is -0.189. The first-order valence-corrected chi connectivity index (χ1v) is 6.82. The molecule has 0 aromatic heterocycles. The second kappa shape index (κ2) is 6.28. The second-order valence-corrected chi connectivity index (χ2v) is 5.47. The molecule has 0 saturated heterocycles. The van der Waals surface area contributed by atoms with E-state index in [9.17, 15) is 8.78 Å². The molecule has 0 amide bonds. The van der Waals surface area contributed by atoms with Crippen molar-refractivity contribution in [3.63, 3.8) is 0 Å². The van der Waals surface area contributed by atoms with Crippen molar-refractivity contribution in [1.82, 2.24) is 5.32 Å². The lowest BCUT2D eigenvalue weighted by Gasteiger charge is -2.16. The summed E-state index contributed by atoms with van der Waals surface area (Å²) in [5.41, 5.74) is 0.685. The van der Waals surface area contributed by atoms with E-state index in [1.807, 2.05) is 0 Å². The third kappa shape index (κ3) is 4.05. The van der Waals surface area contributed by atoms with Gasteiger partial charge >= 0.3 is 0 Å². The molecule has 1 aliphatic carbocycles. The van der Waals surface area contributed by atoms with Gasteiger partial charge in [-0.15, -0.1) is 0 Å². The van der Waals surface area contributed by atoms with Crippen LogP contribution >= 0.6 is 0 Å². The Kier molecular flexibility index (Phi) is 4.70. The van der Waals surface area contributed by atoms with Gasteiger partial charge in [0.2, 0.25) is 0 Å². The van der Waals surface area contributed by atoms with Crippen molar-refractivity contribution in [2.75, 3.05) is 0 Å². The zero-order valence-electron chi connectivity index (χ0n) is 10.9. The van der Waals surface area contributed by atoms with Crippen molar-refractivity contribution in [2.45, 2.75) is 51.6 Å². The Labute approximate surface area is 108 Å². The zero-order valence-corrected chi connectivity index (χ0v) is 10.9. The van der Waals surface area contributed by atoms with Crippen molar-refractivity contribution in [3.05, 3.63) is 35.4 Å². The SMILES string of the molecule is CC1CCCC(NCc2cc(F)cc(F)c2)CC1. The molecule has 1 saturated carbocycles. The lowest BCUT2D eigenvalue weighted by Crippen LogP contribution is -2.28. The number of hydrogen-bond acceptors (Lipinski definition) is 1. The minimum atomic E-state index is -0.499. The number of hydrogen-bond donors (Lipinski definition) is 1. The Bertz CT molecular complexity index is 372. The normalized spacial score (nSPS) is 24.8. The van der Waals surface area contributed by atoms with Crippen molar-refractivity contribution >= 4 is 0 Å². The molecule has 0 aliphatic heterocycles. The monoisotopic (exact) mass is 253 g/mol. The van der Waals surface area contributed by atoms with Crippen molar-refractivity contribution in [2.24, 2.45) is 5.92 Å². The van der Waals surface area contributed by atoms with Gasteiger partial charge in [0.1, 0.15) is 11.6 Å². The second-order valence-electron chi connectivity index (χ2n) is 5.47. The highest BCUT2D eigenvalue weighted by Gasteiger charge is 2.15. The smallest absolute Gasteiger partial charge is 0.126 e. The minimum absolute atomic E-state index is 0.487. The topological polar surface area (TPSA) is 12.0 Å². The fourth-order valence-corrected chi connectivity index (χ4v) is 2.67. The van der Waals surface area contributed by atoms with Crippen LogP contribution in [0.2, 0.25) is 0 Å². The Hall–Kier alpha value is -0.960. The van der Waals surface area contributed by atoms with Crippen molar-refractivity contribution in [3.8, 4) is 0 Å². The van der Waals surface area contributed by atoms with E-state index in [4.69, 9.17) is 0 Å². The maximum atomic E-state index is 13.0. The first-order chi connectivity index (χ1) is 8.63. The van der Waals surface area contributed by atoms with Crippen LogP contribution in [0.15, 0.2) is 18.2 Å². The molecular formula is C15H21F2N. The maximum Gasteiger partial charge on any atom is 0.126 e. The molecule has 1 aromatic carbocycles. The van der Waals surface area contributed by atoms with E-state index in [0.717, 1.165) is 12.0 Å². The van der Waals surface area contributed by atoms with Gasteiger partial charge in [-0.3, -0.25) is 0 Å². The van der Waals surface area contributed by atoms with Crippen LogP contribution < -0.4 is 5.32 Å². The highest BCUT2D eigenvalue weighted by molar-refractivity contribution is 5.17. The van der Waals surface area contributed by atoms with Crippen molar-refractivity contribution < 1.29 is 8.78 Å². The van der Waals surface area contributed by atoms with Gasteiger partial charge < -0.3 is 5.32 Å². The molecule has 2 unspecified atom stereocenters. The summed E-state index contributed by atoms with van der Waals surface area (Å²) < 4.78 is 26.1. The first kappa shape index (κ1) is 13.5. The summed E-state index contributed by atoms with van der Waals surface area (Å²) in [6.45, 7) is 2.85. The molecule has 0 spiro atoms. The fourth-order valence-electron chi connectivity index (χ4n) is 2.67. The summed E-state index contributed by atoms with van der Waals surface area (Å²) >= 11 is 0. The average molecular weight is 253 g/mol. The minimum Gasteiger partial charge on any atom is -0.310 e. The number of rotatable bonds is 3. The van der Waals surface area contributed by atoms with Crippen LogP contribution in [0.4, 0.5) is 8.78 Å². The van der Waals surface area contributed by atoms with Gasteiger partial charge in [0, 0.05) is 18.7 Å². The molecule has 1 N–H and O–H groups in total. The number of benzene rings is 1. The van der Waals surface area contributed by atoms with Crippen LogP contribution in [0, 0.1) is 17.6 Å². The first-order valence-electron chi connectivity index (χ1n) is 6.82. The van der Waals surface area contributed by atoms with Gasteiger partial charge in [0.25, 0.3) is 0 Å².